The second kappa shape index (κ2) is 6.08. The fraction of sp³-hybridized carbons (Fsp3) is 0.812. The Morgan fingerprint density at radius 3 is 2.79 bits per heavy atom. The van der Waals surface area contributed by atoms with Crippen LogP contribution in [0.2, 0.25) is 0 Å². The summed E-state index contributed by atoms with van der Waals surface area (Å²) in [4.78, 5) is 0. The number of rotatable bonds is 4. The molecular weight excluding hydrogens is 234 g/mol. The van der Waals surface area contributed by atoms with E-state index in [1.807, 2.05) is 0 Å². The van der Waals surface area contributed by atoms with E-state index in [4.69, 9.17) is 5.10 Å². The first kappa shape index (κ1) is 13.2. The van der Waals surface area contributed by atoms with Gasteiger partial charge in [0.15, 0.2) is 0 Å². The van der Waals surface area contributed by atoms with Crippen LogP contribution in [0.1, 0.15) is 63.1 Å². The van der Waals surface area contributed by atoms with Crippen molar-refractivity contribution >= 4 is 0 Å². The maximum atomic E-state index is 4.84. The summed E-state index contributed by atoms with van der Waals surface area (Å²) in [7, 11) is 2.09. The largest absolute Gasteiger partial charge is 0.317 e. The molecule has 2 saturated carbocycles. The molecular formula is C16H27N3. The molecule has 3 rings (SSSR count). The second-order valence-electron chi connectivity index (χ2n) is 6.45. The van der Waals surface area contributed by atoms with Gasteiger partial charge in [0.1, 0.15) is 0 Å². The van der Waals surface area contributed by atoms with E-state index in [-0.39, 0.29) is 0 Å². The van der Waals surface area contributed by atoms with Gasteiger partial charge in [0.25, 0.3) is 0 Å². The molecule has 2 fully saturated rings. The predicted molar refractivity (Wildman–Crippen MR) is 78.2 cm³/mol. The van der Waals surface area contributed by atoms with E-state index >= 15 is 0 Å². The number of aromatic nitrogens is 2. The molecule has 0 radical (unpaired) electrons. The Bertz CT molecular complexity index is 392. The molecule has 2 atom stereocenters. The van der Waals surface area contributed by atoms with Crippen molar-refractivity contribution in [1.29, 1.82) is 0 Å². The topological polar surface area (TPSA) is 29.9 Å². The van der Waals surface area contributed by atoms with Gasteiger partial charge in [0.05, 0.1) is 11.7 Å². The standard InChI is InChI=1S/C16H27N3/c1-17-14-8-7-13(11-14)12-15-9-10-19(18-15)16-5-3-2-4-6-16/h9-10,13-14,16-17H,2-8,11-12H2,1H3. The number of nitrogens with zero attached hydrogens (tertiary/aromatic N) is 2. The second-order valence-corrected chi connectivity index (χ2v) is 6.45. The third-order valence-corrected chi connectivity index (χ3v) is 5.06. The van der Waals surface area contributed by atoms with Crippen LogP contribution in [-0.2, 0) is 6.42 Å². The fourth-order valence-corrected chi connectivity index (χ4v) is 3.85. The minimum Gasteiger partial charge on any atom is -0.317 e. The lowest BCUT2D eigenvalue weighted by Gasteiger charge is -2.21. The summed E-state index contributed by atoms with van der Waals surface area (Å²) < 4.78 is 2.25. The third kappa shape index (κ3) is 3.19. The summed E-state index contributed by atoms with van der Waals surface area (Å²) >= 11 is 0. The molecule has 0 saturated heterocycles. The summed E-state index contributed by atoms with van der Waals surface area (Å²) in [5, 5.41) is 8.26. The van der Waals surface area contributed by atoms with Gasteiger partial charge >= 0.3 is 0 Å². The lowest BCUT2D eigenvalue weighted by Crippen LogP contribution is -2.21. The average molecular weight is 261 g/mol. The quantitative estimate of drug-likeness (QED) is 0.901. The van der Waals surface area contributed by atoms with Crippen LogP contribution >= 0.6 is 0 Å². The van der Waals surface area contributed by atoms with Crippen LogP contribution in [0.4, 0.5) is 0 Å². The smallest absolute Gasteiger partial charge is 0.0627 e. The summed E-state index contributed by atoms with van der Waals surface area (Å²) in [5.74, 6) is 0.840. The van der Waals surface area contributed by atoms with Crippen molar-refractivity contribution in [2.45, 2.75) is 69.9 Å². The molecule has 2 aliphatic carbocycles. The van der Waals surface area contributed by atoms with Crippen LogP contribution in [0.25, 0.3) is 0 Å². The molecule has 1 N–H and O–H groups in total. The Labute approximate surface area is 116 Å². The van der Waals surface area contributed by atoms with Gasteiger partial charge in [-0.3, -0.25) is 4.68 Å². The minimum atomic E-state index is 0.677. The van der Waals surface area contributed by atoms with Gasteiger partial charge < -0.3 is 5.32 Å². The normalized spacial score (nSPS) is 28.9. The first-order valence-corrected chi connectivity index (χ1v) is 8.06. The highest BCUT2D eigenvalue weighted by Crippen LogP contribution is 2.30. The fourth-order valence-electron chi connectivity index (χ4n) is 3.85. The highest BCUT2D eigenvalue weighted by Gasteiger charge is 2.24. The molecule has 0 aliphatic heterocycles. The third-order valence-electron chi connectivity index (χ3n) is 5.06. The molecule has 2 unspecified atom stereocenters. The monoisotopic (exact) mass is 261 g/mol. The van der Waals surface area contributed by atoms with Crippen molar-refractivity contribution in [2.75, 3.05) is 7.05 Å². The van der Waals surface area contributed by atoms with Crippen molar-refractivity contribution in [3.05, 3.63) is 18.0 Å². The summed E-state index contributed by atoms with van der Waals surface area (Å²) in [6.07, 6.45) is 14.3. The Morgan fingerprint density at radius 1 is 1.21 bits per heavy atom. The molecule has 1 aromatic heterocycles. The molecule has 3 nitrogen and oxygen atoms in total. The molecule has 1 heterocycles. The van der Waals surface area contributed by atoms with Gasteiger partial charge in [0, 0.05) is 12.2 Å². The van der Waals surface area contributed by atoms with Crippen molar-refractivity contribution < 1.29 is 0 Å². The molecule has 0 spiro atoms. The maximum absolute atomic E-state index is 4.84. The van der Waals surface area contributed by atoms with Crippen molar-refractivity contribution in [2.24, 2.45) is 5.92 Å². The maximum Gasteiger partial charge on any atom is 0.0627 e. The lowest BCUT2D eigenvalue weighted by atomic mass is 9.96. The van der Waals surface area contributed by atoms with Crippen LogP contribution in [0, 0.1) is 5.92 Å². The molecule has 2 aliphatic rings. The Hall–Kier alpha value is -0.830. The van der Waals surface area contributed by atoms with Crippen LogP contribution in [0.3, 0.4) is 0 Å². The van der Waals surface area contributed by atoms with Gasteiger partial charge in [-0.25, -0.2) is 0 Å². The van der Waals surface area contributed by atoms with Gasteiger partial charge in [-0.2, -0.15) is 5.10 Å². The van der Waals surface area contributed by atoms with E-state index in [0.29, 0.717) is 6.04 Å². The first-order chi connectivity index (χ1) is 9.35. The average Bonchev–Trinajstić information content (AvgIpc) is 3.09. The van der Waals surface area contributed by atoms with Crippen LogP contribution in [0.15, 0.2) is 12.3 Å². The molecule has 0 aromatic carbocycles. The minimum absolute atomic E-state index is 0.677. The zero-order valence-electron chi connectivity index (χ0n) is 12.1. The number of hydrogen-bond donors (Lipinski definition) is 1. The molecule has 106 valence electrons. The van der Waals surface area contributed by atoms with E-state index in [1.165, 1.54) is 63.5 Å². The van der Waals surface area contributed by atoms with Crippen molar-refractivity contribution in [3.63, 3.8) is 0 Å². The van der Waals surface area contributed by atoms with Gasteiger partial charge in [-0.1, -0.05) is 19.3 Å². The van der Waals surface area contributed by atoms with Gasteiger partial charge in [-0.15, -0.1) is 0 Å². The molecule has 3 heteroatoms. The van der Waals surface area contributed by atoms with Crippen LogP contribution in [-0.4, -0.2) is 22.9 Å². The summed E-state index contributed by atoms with van der Waals surface area (Å²) in [6, 6.07) is 3.67. The van der Waals surface area contributed by atoms with E-state index in [0.717, 1.165) is 12.0 Å². The number of hydrogen-bond acceptors (Lipinski definition) is 2. The zero-order valence-corrected chi connectivity index (χ0v) is 12.1. The molecule has 19 heavy (non-hydrogen) atoms. The molecule has 1 aromatic rings. The van der Waals surface area contributed by atoms with E-state index in [1.54, 1.807) is 0 Å². The van der Waals surface area contributed by atoms with Gasteiger partial charge in [0.2, 0.25) is 0 Å². The zero-order chi connectivity index (χ0) is 13.1. The van der Waals surface area contributed by atoms with E-state index in [2.05, 4.69) is 29.3 Å². The Balaban J connectivity index is 1.56. The Kier molecular flexibility index (Phi) is 4.21. The van der Waals surface area contributed by atoms with E-state index < -0.39 is 0 Å². The van der Waals surface area contributed by atoms with Crippen molar-refractivity contribution in [3.8, 4) is 0 Å². The van der Waals surface area contributed by atoms with Crippen LogP contribution < -0.4 is 5.32 Å². The van der Waals surface area contributed by atoms with E-state index in [9.17, 15) is 0 Å². The summed E-state index contributed by atoms with van der Waals surface area (Å²) in [5.41, 5.74) is 1.31. The highest BCUT2D eigenvalue weighted by atomic mass is 15.3. The first-order valence-electron chi connectivity index (χ1n) is 8.06. The SMILES string of the molecule is CNC1CCC(Cc2ccn(C3CCCCC3)n2)C1. The number of nitrogens with one attached hydrogen (secondary N) is 1. The Morgan fingerprint density at radius 2 is 2.05 bits per heavy atom. The summed E-state index contributed by atoms with van der Waals surface area (Å²) in [6.45, 7) is 0. The molecule has 0 bridgehead atoms. The van der Waals surface area contributed by atoms with Crippen LogP contribution in [0.5, 0.6) is 0 Å². The molecule has 0 amide bonds. The van der Waals surface area contributed by atoms with Gasteiger partial charge in [-0.05, 0) is 57.6 Å². The lowest BCUT2D eigenvalue weighted by molar-refractivity contribution is 0.327. The van der Waals surface area contributed by atoms with Crippen molar-refractivity contribution in [1.82, 2.24) is 15.1 Å². The highest BCUT2D eigenvalue weighted by molar-refractivity contribution is 5.02. The predicted octanol–water partition coefficient (Wildman–Crippen LogP) is 3.32.